The van der Waals surface area contributed by atoms with Gasteiger partial charge in [0.1, 0.15) is 24.4 Å². The average molecular weight is 250 g/mol. The summed E-state index contributed by atoms with van der Waals surface area (Å²) in [5, 5.41) is -0.676. The highest BCUT2D eigenvalue weighted by molar-refractivity contribution is 4.31. The Balaban J connectivity index is 4.89. The molecule has 17 heavy (non-hydrogen) atoms. The molecule has 0 spiro atoms. The number of nitrogens with zero attached hydrogens (tertiary/aromatic N) is 1. The number of quaternary nitrogens is 1. The van der Waals surface area contributed by atoms with Gasteiger partial charge in [-0.05, 0) is 55.4 Å². The molecule has 0 radical (unpaired) electrons. The highest BCUT2D eigenvalue weighted by Gasteiger charge is 2.43. The van der Waals surface area contributed by atoms with Crippen molar-refractivity contribution in [2.45, 2.75) is 79.8 Å². The molecule has 5 heteroatoms. The average Bonchev–Trinajstić information content (AvgIpc) is 1.95. The first-order chi connectivity index (χ1) is 7.67. The van der Waals surface area contributed by atoms with Crippen LogP contribution in [0.25, 0.3) is 0 Å². The molecule has 0 saturated carbocycles. The van der Waals surface area contributed by atoms with E-state index in [0.29, 0.717) is 0 Å². The maximum Gasteiger partial charge on any atom is 0.248 e. The van der Waals surface area contributed by atoms with Crippen LogP contribution >= 0.6 is 0 Å². The molecule has 0 saturated heterocycles. The molecule has 0 rings (SSSR count). The van der Waals surface area contributed by atoms with Crippen molar-refractivity contribution in [2.75, 3.05) is 0 Å². The summed E-state index contributed by atoms with van der Waals surface area (Å²) in [6, 6.07) is 0. The van der Waals surface area contributed by atoms with Crippen molar-refractivity contribution in [2.24, 2.45) is 0 Å². The SMILES string of the molecule is CC(C)O[N+](OC(C)C)(OC(C)C)OC(C)C. The van der Waals surface area contributed by atoms with Crippen molar-refractivity contribution in [3.63, 3.8) is 0 Å². The molecular weight excluding hydrogens is 222 g/mol. The largest absolute Gasteiger partial charge is 0.248 e. The van der Waals surface area contributed by atoms with E-state index in [1.807, 2.05) is 55.4 Å². The van der Waals surface area contributed by atoms with Gasteiger partial charge in [-0.1, -0.05) is 19.4 Å². The van der Waals surface area contributed by atoms with Crippen LogP contribution in [0.15, 0.2) is 0 Å². The zero-order chi connectivity index (χ0) is 13.6. The summed E-state index contributed by atoms with van der Waals surface area (Å²) in [4.78, 5) is 22.6. The van der Waals surface area contributed by atoms with E-state index in [0.717, 1.165) is 0 Å². The molecular formula is C12H28NO4+. The van der Waals surface area contributed by atoms with Crippen LogP contribution in [0.1, 0.15) is 55.4 Å². The summed E-state index contributed by atoms with van der Waals surface area (Å²) in [5.74, 6) is 0. The highest BCUT2D eigenvalue weighted by atomic mass is 17.4. The normalized spacial score (nSPS) is 13.4. The van der Waals surface area contributed by atoms with Crippen molar-refractivity contribution in [3.05, 3.63) is 0 Å². The first-order valence-electron chi connectivity index (χ1n) is 6.29. The summed E-state index contributed by atoms with van der Waals surface area (Å²) >= 11 is 0. The van der Waals surface area contributed by atoms with E-state index in [-0.39, 0.29) is 24.4 Å². The van der Waals surface area contributed by atoms with Crippen molar-refractivity contribution in [1.82, 2.24) is 0 Å². The monoisotopic (exact) mass is 250 g/mol. The van der Waals surface area contributed by atoms with Crippen molar-refractivity contribution in [1.29, 1.82) is 0 Å². The minimum Gasteiger partial charge on any atom is -0.0936 e. The zero-order valence-electron chi connectivity index (χ0n) is 12.4. The summed E-state index contributed by atoms with van der Waals surface area (Å²) in [5.41, 5.74) is 0. The van der Waals surface area contributed by atoms with Crippen molar-refractivity contribution < 1.29 is 24.5 Å². The fraction of sp³-hybridized carbons (Fsp3) is 1.00. The van der Waals surface area contributed by atoms with E-state index in [9.17, 15) is 0 Å². The number of hydrogen-bond donors (Lipinski definition) is 0. The van der Waals surface area contributed by atoms with Crippen molar-refractivity contribution >= 4 is 0 Å². The maximum atomic E-state index is 5.64. The van der Waals surface area contributed by atoms with E-state index >= 15 is 0 Å². The molecule has 0 heterocycles. The lowest BCUT2D eigenvalue weighted by Gasteiger charge is -2.30. The van der Waals surface area contributed by atoms with Gasteiger partial charge in [0.05, 0.1) is 0 Å². The Bertz CT molecular complexity index is 159. The lowest BCUT2D eigenvalue weighted by atomic mass is 10.5. The third-order valence-electron chi connectivity index (χ3n) is 1.36. The maximum absolute atomic E-state index is 5.64. The smallest absolute Gasteiger partial charge is 0.0936 e. The molecule has 0 aliphatic carbocycles. The molecule has 0 aromatic heterocycles. The third kappa shape index (κ3) is 7.68. The standard InChI is InChI=1S/C12H28NO4/c1-9(2)14-13(15-10(3)4,16-11(5)6)17-12(7)8/h9-12H,1-8H3/q+1. The molecule has 0 unspecified atom stereocenters. The molecule has 0 amide bonds. The first-order valence-corrected chi connectivity index (χ1v) is 6.29. The van der Waals surface area contributed by atoms with Gasteiger partial charge in [0.25, 0.3) is 0 Å². The van der Waals surface area contributed by atoms with E-state index in [4.69, 9.17) is 19.4 Å². The Hall–Kier alpha value is -0.200. The van der Waals surface area contributed by atoms with Crippen LogP contribution in [0.2, 0.25) is 0 Å². The number of rotatable bonds is 8. The second-order valence-corrected chi connectivity index (χ2v) is 5.06. The van der Waals surface area contributed by atoms with Gasteiger partial charge in [-0.15, -0.1) is 0 Å². The Morgan fingerprint density at radius 2 is 0.647 bits per heavy atom. The van der Waals surface area contributed by atoms with Gasteiger partial charge in [-0.3, -0.25) is 0 Å². The Kier molecular flexibility index (Phi) is 7.20. The molecule has 104 valence electrons. The van der Waals surface area contributed by atoms with E-state index < -0.39 is 5.14 Å². The van der Waals surface area contributed by atoms with Gasteiger partial charge in [0.15, 0.2) is 0 Å². The van der Waals surface area contributed by atoms with Gasteiger partial charge >= 0.3 is 0 Å². The Morgan fingerprint density at radius 3 is 0.765 bits per heavy atom. The second-order valence-electron chi connectivity index (χ2n) is 5.06. The Labute approximate surface area is 105 Å². The number of hydrogen-bond acceptors (Lipinski definition) is 4. The first kappa shape index (κ1) is 16.8. The van der Waals surface area contributed by atoms with E-state index in [2.05, 4.69) is 0 Å². The molecule has 0 aromatic carbocycles. The summed E-state index contributed by atoms with van der Waals surface area (Å²) in [6.07, 6.45) is -0.310. The van der Waals surface area contributed by atoms with E-state index in [1.54, 1.807) is 0 Å². The van der Waals surface area contributed by atoms with Gasteiger partial charge in [0, 0.05) is 0 Å². The third-order valence-corrected chi connectivity index (χ3v) is 1.36. The summed E-state index contributed by atoms with van der Waals surface area (Å²) in [6.45, 7) is 15.3. The van der Waals surface area contributed by atoms with E-state index in [1.165, 1.54) is 0 Å². The van der Waals surface area contributed by atoms with Crippen molar-refractivity contribution in [3.8, 4) is 0 Å². The van der Waals surface area contributed by atoms with Crippen LogP contribution in [0.3, 0.4) is 0 Å². The topological polar surface area (TPSA) is 36.9 Å². The van der Waals surface area contributed by atoms with Crippen LogP contribution in [0.4, 0.5) is 0 Å². The van der Waals surface area contributed by atoms with Crippen LogP contribution in [0, 0.1) is 0 Å². The molecule has 0 aromatic rings. The zero-order valence-corrected chi connectivity index (χ0v) is 12.4. The Morgan fingerprint density at radius 1 is 0.471 bits per heavy atom. The van der Waals surface area contributed by atoms with Crippen LogP contribution in [0.5, 0.6) is 0 Å². The minimum absolute atomic E-state index is 0.0775. The predicted octanol–water partition coefficient (Wildman–Crippen LogP) is 3.16. The molecule has 0 aliphatic heterocycles. The molecule has 0 bridgehead atoms. The quantitative estimate of drug-likeness (QED) is 0.490. The van der Waals surface area contributed by atoms with Gasteiger partial charge in [-0.2, -0.15) is 0 Å². The van der Waals surface area contributed by atoms with Crippen LogP contribution < -0.4 is 0 Å². The van der Waals surface area contributed by atoms with Gasteiger partial charge < -0.3 is 0 Å². The minimum atomic E-state index is -0.676. The lowest BCUT2D eigenvalue weighted by molar-refractivity contribution is -1.48. The van der Waals surface area contributed by atoms with Gasteiger partial charge in [0.2, 0.25) is 5.14 Å². The lowest BCUT2D eigenvalue weighted by Crippen LogP contribution is -2.53. The van der Waals surface area contributed by atoms with Crippen LogP contribution in [-0.2, 0) is 19.4 Å². The summed E-state index contributed by atoms with van der Waals surface area (Å²) < 4.78 is 0. The predicted molar refractivity (Wildman–Crippen MR) is 65.1 cm³/mol. The van der Waals surface area contributed by atoms with Gasteiger partial charge in [-0.25, -0.2) is 0 Å². The summed E-state index contributed by atoms with van der Waals surface area (Å²) in [7, 11) is 0. The fourth-order valence-corrected chi connectivity index (χ4v) is 1.18. The van der Waals surface area contributed by atoms with Crippen LogP contribution in [-0.4, -0.2) is 29.6 Å². The second kappa shape index (κ2) is 7.28. The fourth-order valence-electron chi connectivity index (χ4n) is 1.18. The molecule has 0 N–H and O–H groups in total. The molecule has 0 aliphatic rings. The highest BCUT2D eigenvalue weighted by Crippen LogP contribution is 2.21. The molecule has 0 fully saturated rings. The molecule has 5 nitrogen and oxygen atoms in total. The molecule has 0 atom stereocenters.